The lowest BCUT2D eigenvalue weighted by Gasteiger charge is -2.20. The van der Waals surface area contributed by atoms with Crippen molar-refractivity contribution in [3.8, 4) is 0 Å². The Morgan fingerprint density at radius 3 is 2.71 bits per heavy atom. The zero-order valence-electron chi connectivity index (χ0n) is 16.6. The molecule has 3 aromatic rings. The molecule has 0 atom stereocenters. The van der Waals surface area contributed by atoms with Crippen LogP contribution >= 0.6 is 0 Å². The van der Waals surface area contributed by atoms with Gasteiger partial charge in [0.15, 0.2) is 0 Å². The molecule has 148 valence electrons. The Balaban J connectivity index is 1.78. The van der Waals surface area contributed by atoms with Crippen molar-refractivity contribution in [1.82, 2.24) is 24.3 Å². The van der Waals surface area contributed by atoms with Crippen molar-refractivity contribution in [2.75, 3.05) is 18.0 Å². The largest absolute Gasteiger partial charge is 0.352 e. The zero-order chi connectivity index (χ0) is 20.1. The van der Waals surface area contributed by atoms with Gasteiger partial charge in [-0.2, -0.15) is 0 Å². The lowest BCUT2D eigenvalue weighted by molar-refractivity contribution is -0.116. The summed E-state index contributed by atoms with van der Waals surface area (Å²) in [5, 5.41) is 2.95. The van der Waals surface area contributed by atoms with E-state index in [1.54, 1.807) is 36.6 Å². The van der Waals surface area contributed by atoms with Crippen LogP contribution < -0.4 is 10.2 Å². The van der Waals surface area contributed by atoms with E-state index in [9.17, 15) is 9.59 Å². The highest BCUT2D eigenvalue weighted by molar-refractivity contribution is 5.95. The van der Waals surface area contributed by atoms with E-state index in [1.165, 1.54) is 0 Å². The molecular formula is C20H26N6O2. The van der Waals surface area contributed by atoms with Gasteiger partial charge in [-0.3, -0.25) is 18.9 Å². The van der Waals surface area contributed by atoms with Gasteiger partial charge in [-0.15, -0.1) is 0 Å². The number of carbonyl (C=O) groups excluding carboxylic acids is 2. The Bertz CT molecular complexity index is 961. The number of pyridine rings is 1. The molecule has 3 heterocycles. The molecule has 3 rings (SSSR count). The Kier molecular flexibility index (Phi) is 6.08. The van der Waals surface area contributed by atoms with E-state index in [2.05, 4.69) is 15.3 Å². The second-order valence-electron chi connectivity index (χ2n) is 6.55. The molecule has 0 bridgehead atoms. The first-order chi connectivity index (χ1) is 13.5. The third kappa shape index (κ3) is 4.05. The Morgan fingerprint density at radius 2 is 2.07 bits per heavy atom. The quantitative estimate of drug-likeness (QED) is 0.606. The molecular weight excluding hydrogens is 356 g/mol. The maximum Gasteiger partial charge on any atom is 0.252 e. The van der Waals surface area contributed by atoms with Gasteiger partial charge in [0, 0.05) is 45.1 Å². The summed E-state index contributed by atoms with van der Waals surface area (Å²) in [6, 6.07) is 3.58. The van der Waals surface area contributed by atoms with E-state index in [0.29, 0.717) is 25.1 Å². The number of hydrogen-bond donors (Lipinski definition) is 1. The summed E-state index contributed by atoms with van der Waals surface area (Å²) in [6.07, 6.45) is 8.67. The Hall–Kier alpha value is -3.16. The van der Waals surface area contributed by atoms with Gasteiger partial charge in [-0.05, 0) is 31.9 Å². The van der Waals surface area contributed by atoms with E-state index in [4.69, 9.17) is 0 Å². The summed E-state index contributed by atoms with van der Waals surface area (Å²) in [5.74, 6) is 0.548. The highest BCUT2D eigenvalue weighted by atomic mass is 16.2. The average Bonchev–Trinajstić information content (AvgIpc) is 3.33. The van der Waals surface area contributed by atoms with Gasteiger partial charge >= 0.3 is 0 Å². The van der Waals surface area contributed by atoms with Crippen LogP contribution in [0.2, 0.25) is 0 Å². The Morgan fingerprint density at radius 1 is 1.25 bits per heavy atom. The van der Waals surface area contributed by atoms with Gasteiger partial charge in [0.2, 0.25) is 5.91 Å². The van der Waals surface area contributed by atoms with Crippen LogP contribution in [0, 0.1) is 0 Å². The van der Waals surface area contributed by atoms with Gasteiger partial charge < -0.3 is 9.88 Å². The lowest BCUT2D eigenvalue weighted by Crippen LogP contribution is -2.30. The molecule has 0 aliphatic rings. The SMILES string of the molecule is CCc1nc2ccc(C(=O)NCCCn3ccnc3)cn2c1N(CC)C(C)=O. The standard InChI is InChI=1S/C20H26N6O2/c1-4-17-20(25(5-2)15(3)27)26-13-16(7-8-18(26)23-17)19(28)22-9-6-11-24-12-10-21-14-24/h7-8,10,12-14H,4-6,9,11H2,1-3H3,(H,22,28). The summed E-state index contributed by atoms with van der Waals surface area (Å²) in [4.78, 5) is 34.9. The molecule has 2 amide bonds. The summed E-state index contributed by atoms with van der Waals surface area (Å²) in [5.41, 5.74) is 2.11. The third-order valence-electron chi connectivity index (χ3n) is 4.65. The molecule has 0 spiro atoms. The molecule has 0 aliphatic carbocycles. The Labute approximate surface area is 164 Å². The van der Waals surface area contributed by atoms with Crippen LogP contribution in [0.15, 0.2) is 37.1 Å². The lowest BCUT2D eigenvalue weighted by atomic mass is 10.2. The molecule has 3 aromatic heterocycles. The summed E-state index contributed by atoms with van der Waals surface area (Å²) >= 11 is 0. The highest BCUT2D eigenvalue weighted by Gasteiger charge is 2.20. The van der Waals surface area contributed by atoms with Crippen LogP contribution in [0.25, 0.3) is 5.65 Å². The molecule has 0 fully saturated rings. The third-order valence-corrected chi connectivity index (χ3v) is 4.65. The summed E-state index contributed by atoms with van der Waals surface area (Å²) in [7, 11) is 0. The first-order valence-corrected chi connectivity index (χ1v) is 9.58. The van der Waals surface area contributed by atoms with E-state index in [1.807, 2.05) is 35.1 Å². The molecule has 0 aromatic carbocycles. The number of fused-ring (bicyclic) bond motifs is 1. The normalized spacial score (nSPS) is 11.0. The molecule has 8 heteroatoms. The van der Waals surface area contributed by atoms with E-state index in [-0.39, 0.29) is 11.8 Å². The van der Waals surface area contributed by atoms with Crippen molar-refractivity contribution in [2.24, 2.45) is 0 Å². The predicted octanol–water partition coefficient (Wildman–Crippen LogP) is 2.29. The van der Waals surface area contributed by atoms with Crippen molar-refractivity contribution in [2.45, 2.75) is 40.2 Å². The van der Waals surface area contributed by atoms with Crippen LogP contribution in [0.1, 0.15) is 43.2 Å². The number of rotatable bonds is 8. The molecule has 1 N–H and O–H groups in total. The monoisotopic (exact) mass is 382 g/mol. The first kappa shape index (κ1) is 19.6. The van der Waals surface area contributed by atoms with Gasteiger partial charge in [0.25, 0.3) is 5.91 Å². The predicted molar refractivity (Wildman–Crippen MR) is 107 cm³/mol. The number of carbonyl (C=O) groups is 2. The van der Waals surface area contributed by atoms with Crippen molar-refractivity contribution in [3.05, 3.63) is 48.3 Å². The van der Waals surface area contributed by atoms with Crippen LogP contribution in [0.5, 0.6) is 0 Å². The number of anilines is 1. The molecule has 0 saturated carbocycles. The van der Waals surface area contributed by atoms with Crippen LogP contribution in [0.3, 0.4) is 0 Å². The van der Waals surface area contributed by atoms with Gasteiger partial charge in [0.05, 0.1) is 17.6 Å². The van der Waals surface area contributed by atoms with Crippen molar-refractivity contribution >= 4 is 23.3 Å². The van der Waals surface area contributed by atoms with E-state index >= 15 is 0 Å². The molecule has 8 nitrogen and oxygen atoms in total. The van der Waals surface area contributed by atoms with E-state index < -0.39 is 0 Å². The van der Waals surface area contributed by atoms with Crippen LogP contribution in [-0.2, 0) is 17.8 Å². The number of aromatic nitrogens is 4. The van der Waals surface area contributed by atoms with Crippen molar-refractivity contribution in [3.63, 3.8) is 0 Å². The second kappa shape index (κ2) is 8.69. The fourth-order valence-corrected chi connectivity index (χ4v) is 3.24. The number of hydrogen-bond acceptors (Lipinski definition) is 4. The second-order valence-corrected chi connectivity index (χ2v) is 6.55. The van der Waals surface area contributed by atoms with E-state index in [0.717, 1.165) is 30.1 Å². The number of nitrogens with one attached hydrogen (secondary N) is 1. The highest BCUT2D eigenvalue weighted by Crippen LogP contribution is 2.24. The first-order valence-electron chi connectivity index (χ1n) is 9.58. The fraction of sp³-hybridized carbons (Fsp3) is 0.400. The minimum Gasteiger partial charge on any atom is -0.352 e. The van der Waals surface area contributed by atoms with Crippen molar-refractivity contribution < 1.29 is 9.59 Å². The number of imidazole rings is 2. The molecule has 0 aliphatic heterocycles. The van der Waals surface area contributed by atoms with Gasteiger partial charge in [-0.25, -0.2) is 9.97 Å². The van der Waals surface area contributed by atoms with Gasteiger partial charge in [-0.1, -0.05) is 6.92 Å². The number of aryl methyl sites for hydroxylation is 2. The zero-order valence-corrected chi connectivity index (χ0v) is 16.6. The number of nitrogens with zero attached hydrogens (tertiary/aromatic N) is 5. The topological polar surface area (TPSA) is 84.5 Å². The summed E-state index contributed by atoms with van der Waals surface area (Å²) in [6.45, 7) is 7.39. The fourth-order valence-electron chi connectivity index (χ4n) is 3.24. The molecule has 0 radical (unpaired) electrons. The number of amides is 2. The molecule has 0 unspecified atom stereocenters. The minimum absolute atomic E-state index is 0.0478. The molecule has 0 saturated heterocycles. The summed E-state index contributed by atoms with van der Waals surface area (Å²) < 4.78 is 3.81. The van der Waals surface area contributed by atoms with Gasteiger partial charge in [0.1, 0.15) is 11.5 Å². The van der Waals surface area contributed by atoms with Crippen LogP contribution in [-0.4, -0.2) is 43.8 Å². The van der Waals surface area contributed by atoms with Crippen LogP contribution in [0.4, 0.5) is 5.82 Å². The molecule has 28 heavy (non-hydrogen) atoms. The minimum atomic E-state index is -0.142. The average molecular weight is 382 g/mol. The smallest absolute Gasteiger partial charge is 0.252 e. The maximum atomic E-state index is 12.6. The van der Waals surface area contributed by atoms with Crippen molar-refractivity contribution in [1.29, 1.82) is 0 Å². The maximum absolute atomic E-state index is 12.6.